The molecule has 9 heteroatoms. The molecule has 1 aromatic heterocycles. The lowest BCUT2D eigenvalue weighted by molar-refractivity contribution is 0.595. The van der Waals surface area contributed by atoms with E-state index >= 15 is 0 Å². The van der Waals surface area contributed by atoms with Crippen LogP contribution in [0.25, 0.3) is 0 Å². The highest BCUT2D eigenvalue weighted by atomic mass is 35.5. The van der Waals surface area contributed by atoms with Crippen molar-refractivity contribution in [1.29, 1.82) is 0 Å². The van der Waals surface area contributed by atoms with E-state index in [2.05, 4.69) is 20.2 Å². The normalized spacial score (nSPS) is 11.6. The maximum Gasteiger partial charge on any atom is 0.279 e. The first-order valence-electron chi connectivity index (χ1n) is 5.59. The molecule has 0 amide bonds. The Kier molecular flexibility index (Phi) is 4.26. The number of hydrogen-bond donors (Lipinski definition) is 3. The molecule has 2 aromatic rings. The number of rotatable bonds is 5. The minimum Gasteiger partial charge on any atom is -0.316 e. The Hall–Kier alpha value is -1.64. The van der Waals surface area contributed by atoms with E-state index in [-0.39, 0.29) is 15.7 Å². The fourth-order valence-corrected chi connectivity index (χ4v) is 2.91. The second-order valence-electron chi connectivity index (χ2n) is 3.99. The highest BCUT2D eigenvalue weighted by Crippen LogP contribution is 2.22. The predicted molar refractivity (Wildman–Crippen MR) is 73.6 cm³/mol. The highest BCUT2D eigenvalue weighted by molar-refractivity contribution is 7.92. The molecule has 0 aliphatic heterocycles. The van der Waals surface area contributed by atoms with Crippen molar-refractivity contribution < 1.29 is 12.8 Å². The van der Waals surface area contributed by atoms with Gasteiger partial charge < -0.3 is 5.32 Å². The van der Waals surface area contributed by atoms with Crippen LogP contribution in [0, 0.1) is 5.82 Å². The number of halogens is 2. The summed E-state index contributed by atoms with van der Waals surface area (Å²) in [6.07, 6.45) is 1.41. The van der Waals surface area contributed by atoms with Crippen LogP contribution in [0.4, 0.5) is 10.1 Å². The van der Waals surface area contributed by atoms with Crippen molar-refractivity contribution in [2.75, 3.05) is 11.8 Å². The number of sulfonamides is 1. The molecular weight excluding hydrogens is 307 g/mol. The quantitative estimate of drug-likeness (QED) is 0.783. The van der Waals surface area contributed by atoms with Gasteiger partial charge in [0.1, 0.15) is 5.82 Å². The molecule has 0 radical (unpaired) electrons. The SMILES string of the molecule is CNCc1cn[nH]c1S(=O)(=O)Nc1ccc(Cl)c(F)c1. The molecule has 0 spiro atoms. The van der Waals surface area contributed by atoms with E-state index in [1.54, 1.807) is 7.05 Å². The summed E-state index contributed by atoms with van der Waals surface area (Å²) < 4.78 is 39.9. The Morgan fingerprint density at radius 1 is 1.45 bits per heavy atom. The minimum atomic E-state index is -3.87. The summed E-state index contributed by atoms with van der Waals surface area (Å²) >= 11 is 5.54. The molecular formula is C11H12ClFN4O2S. The van der Waals surface area contributed by atoms with Crippen LogP contribution < -0.4 is 10.0 Å². The number of aromatic amines is 1. The smallest absolute Gasteiger partial charge is 0.279 e. The molecule has 1 aromatic carbocycles. The summed E-state index contributed by atoms with van der Waals surface area (Å²) in [5.41, 5.74) is 0.561. The number of hydrogen-bond acceptors (Lipinski definition) is 4. The lowest BCUT2D eigenvalue weighted by Gasteiger charge is -2.08. The van der Waals surface area contributed by atoms with Gasteiger partial charge in [-0.1, -0.05) is 11.6 Å². The molecule has 108 valence electrons. The first-order chi connectivity index (χ1) is 9.44. The van der Waals surface area contributed by atoms with Crippen LogP contribution >= 0.6 is 11.6 Å². The van der Waals surface area contributed by atoms with Crippen molar-refractivity contribution in [3.05, 3.63) is 40.8 Å². The third-order valence-corrected chi connectivity index (χ3v) is 4.19. The van der Waals surface area contributed by atoms with Crippen LogP contribution in [0.15, 0.2) is 29.4 Å². The number of H-pyrrole nitrogens is 1. The van der Waals surface area contributed by atoms with Crippen LogP contribution in [-0.4, -0.2) is 25.7 Å². The summed E-state index contributed by atoms with van der Waals surface area (Å²) in [6.45, 7) is 0.335. The molecule has 3 N–H and O–H groups in total. The van der Waals surface area contributed by atoms with Gasteiger partial charge in [0.25, 0.3) is 10.0 Å². The lowest BCUT2D eigenvalue weighted by Crippen LogP contribution is -2.17. The van der Waals surface area contributed by atoms with E-state index in [0.29, 0.717) is 12.1 Å². The highest BCUT2D eigenvalue weighted by Gasteiger charge is 2.21. The predicted octanol–water partition coefficient (Wildman–Crippen LogP) is 1.72. The fourth-order valence-electron chi connectivity index (χ4n) is 1.61. The van der Waals surface area contributed by atoms with E-state index in [0.717, 1.165) is 6.07 Å². The molecule has 0 saturated carbocycles. The Balaban J connectivity index is 2.30. The summed E-state index contributed by atoms with van der Waals surface area (Å²) in [7, 11) is -2.18. The maximum absolute atomic E-state index is 13.3. The van der Waals surface area contributed by atoms with E-state index < -0.39 is 15.8 Å². The van der Waals surface area contributed by atoms with Gasteiger partial charge >= 0.3 is 0 Å². The third kappa shape index (κ3) is 3.09. The molecule has 1 heterocycles. The molecule has 0 saturated heterocycles. The molecule has 0 aliphatic carbocycles. The number of benzene rings is 1. The summed E-state index contributed by atoms with van der Waals surface area (Å²) in [5, 5.41) is 8.81. The molecule has 0 fully saturated rings. The first kappa shape index (κ1) is 14.8. The van der Waals surface area contributed by atoms with Crippen molar-refractivity contribution in [3.63, 3.8) is 0 Å². The fraction of sp³-hybridized carbons (Fsp3) is 0.182. The summed E-state index contributed by atoms with van der Waals surface area (Å²) in [6, 6.07) is 3.65. The van der Waals surface area contributed by atoms with E-state index in [1.807, 2.05) is 0 Å². The van der Waals surface area contributed by atoms with Gasteiger partial charge in [-0.2, -0.15) is 13.5 Å². The average molecular weight is 319 g/mol. The van der Waals surface area contributed by atoms with Crippen molar-refractivity contribution in [3.8, 4) is 0 Å². The van der Waals surface area contributed by atoms with E-state index in [9.17, 15) is 12.8 Å². The lowest BCUT2D eigenvalue weighted by atomic mass is 10.3. The van der Waals surface area contributed by atoms with Crippen molar-refractivity contribution >= 4 is 27.3 Å². The van der Waals surface area contributed by atoms with Crippen LogP contribution in [-0.2, 0) is 16.6 Å². The number of nitrogens with one attached hydrogen (secondary N) is 3. The number of aromatic nitrogens is 2. The zero-order valence-corrected chi connectivity index (χ0v) is 12.0. The van der Waals surface area contributed by atoms with Crippen LogP contribution in [0.5, 0.6) is 0 Å². The second-order valence-corrected chi connectivity index (χ2v) is 6.02. The van der Waals surface area contributed by atoms with Gasteiger partial charge in [0, 0.05) is 12.1 Å². The number of anilines is 1. The monoisotopic (exact) mass is 318 g/mol. The van der Waals surface area contributed by atoms with Crippen LogP contribution in [0.1, 0.15) is 5.56 Å². The van der Waals surface area contributed by atoms with Gasteiger partial charge in [0.2, 0.25) is 0 Å². The second kappa shape index (κ2) is 5.78. The average Bonchev–Trinajstić information content (AvgIpc) is 2.83. The molecule has 2 rings (SSSR count). The summed E-state index contributed by atoms with van der Waals surface area (Å²) in [5.74, 6) is -0.702. The van der Waals surface area contributed by atoms with Crippen molar-refractivity contribution in [2.24, 2.45) is 0 Å². The molecule has 0 bridgehead atoms. The first-order valence-corrected chi connectivity index (χ1v) is 7.45. The van der Waals surface area contributed by atoms with Gasteiger partial charge in [-0.25, -0.2) is 4.39 Å². The molecule has 20 heavy (non-hydrogen) atoms. The molecule has 0 unspecified atom stereocenters. The van der Waals surface area contributed by atoms with Crippen molar-refractivity contribution in [2.45, 2.75) is 11.6 Å². The zero-order valence-electron chi connectivity index (χ0n) is 10.4. The Morgan fingerprint density at radius 2 is 2.20 bits per heavy atom. The van der Waals surface area contributed by atoms with Gasteiger partial charge in [0.05, 0.1) is 16.9 Å². The Morgan fingerprint density at radius 3 is 2.85 bits per heavy atom. The Bertz CT molecular complexity index is 717. The standard InChI is InChI=1S/C11H12ClFN4O2S/c1-14-5-7-6-15-16-11(7)20(18,19)17-8-2-3-9(12)10(13)4-8/h2-4,6,14,17H,5H2,1H3,(H,15,16). The van der Waals surface area contributed by atoms with Gasteiger partial charge in [-0.15, -0.1) is 0 Å². The topological polar surface area (TPSA) is 86.9 Å². The van der Waals surface area contributed by atoms with Crippen LogP contribution in [0.3, 0.4) is 0 Å². The van der Waals surface area contributed by atoms with Gasteiger partial charge in [0.15, 0.2) is 5.03 Å². The van der Waals surface area contributed by atoms with E-state index in [1.165, 1.54) is 18.3 Å². The van der Waals surface area contributed by atoms with Gasteiger partial charge in [-0.05, 0) is 25.2 Å². The minimum absolute atomic E-state index is 0.0674. The van der Waals surface area contributed by atoms with Crippen LogP contribution in [0.2, 0.25) is 5.02 Å². The molecule has 6 nitrogen and oxygen atoms in total. The molecule has 0 aliphatic rings. The third-order valence-electron chi connectivity index (χ3n) is 2.49. The van der Waals surface area contributed by atoms with Gasteiger partial charge in [-0.3, -0.25) is 9.82 Å². The largest absolute Gasteiger partial charge is 0.316 e. The summed E-state index contributed by atoms with van der Waals surface area (Å²) in [4.78, 5) is 0. The van der Waals surface area contributed by atoms with Crippen molar-refractivity contribution in [1.82, 2.24) is 15.5 Å². The Labute approximate surface area is 120 Å². The zero-order chi connectivity index (χ0) is 14.8. The maximum atomic E-state index is 13.3. The molecule has 0 atom stereocenters. The van der Waals surface area contributed by atoms with E-state index in [4.69, 9.17) is 11.6 Å². The number of nitrogens with zero attached hydrogens (tertiary/aromatic N) is 1.